The molecule has 2 unspecified atom stereocenters. The molecule has 2 aliphatic carbocycles. The van der Waals surface area contributed by atoms with Gasteiger partial charge in [0.15, 0.2) is 6.61 Å². The molecule has 7 heteroatoms. The highest BCUT2D eigenvalue weighted by Gasteiger charge is 2.59. The first-order chi connectivity index (χ1) is 11.9. The van der Waals surface area contributed by atoms with Crippen LogP contribution >= 0.6 is 11.3 Å². The summed E-state index contributed by atoms with van der Waals surface area (Å²) < 4.78 is 5.56. The van der Waals surface area contributed by atoms with E-state index in [4.69, 9.17) is 4.74 Å². The summed E-state index contributed by atoms with van der Waals surface area (Å²) in [5.74, 6) is 0.832. The monoisotopic (exact) mass is 358 g/mol. The fourth-order valence-electron chi connectivity index (χ4n) is 4.28. The lowest BCUT2D eigenvalue weighted by Crippen LogP contribution is -2.35. The zero-order chi connectivity index (χ0) is 17.7. The van der Waals surface area contributed by atoms with Crippen LogP contribution in [0.3, 0.4) is 0 Å². The molecular weight excluding hydrogens is 336 g/mol. The second-order valence-corrected chi connectivity index (χ2v) is 8.59. The maximum Gasteiger partial charge on any atom is 0.278 e. The third-order valence-electron chi connectivity index (χ3n) is 6.39. The highest BCUT2D eigenvalue weighted by Crippen LogP contribution is 2.63. The van der Waals surface area contributed by atoms with Crippen LogP contribution in [0.2, 0.25) is 0 Å². The van der Waals surface area contributed by atoms with E-state index >= 15 is 0 Å². The molecule has 0 radical (unpaired) electrons. The largest absolute Gasteiger partial charge is 0.467 e. The van der Waals surface area contributed by atoms with Crippen molar-refractivity contribution in [2.45, 2.75) is 40.0 Å². The average molecular weight is 358 g/mol. The van der Waals surface area contributed by atoms with E-state index in [-0.39, 0.29) is 23.3 Å². The van der Waals surface area contributed by atoms with Crippen LogP contribution < -0.4 is 10.2 Å². The molecule has 2 heterocycles. The van der Waals surface area contributed by atoms with Crippen LogP contribution in [0.1, 0.15) is 40.0 Å². The molecule has 4 rings (SSSR count). The topological polar surface area (TPSA) is 76.5 Å². The molecule has 0 spiro atoms. The summed E-state index contributed by atoms with van der Waals surface area (Å²) >= 11 is 1.52. The minimum absolute atomic E-state index is 0.0846. The number of nitrogens with zero attached hydrogens (tertiary/aromatic N) is 3. The Kier molecular flexibility index (Phi) is 3.79. The van der Waals surface area contributed by atoms with Gasteiger partial charge in [0, 0.05) is 11.1 Å². The summed E-state index contributed by atoms with van der Waals surface area (Å²) in [5.41, 5.74) is 4.12. The van der Waals surface area contributed by atoms with Crippen molar-refractivity contribution in [3.05, 3.63) is 17.8 Å². The van der Waals surface area contributed by atoms with Crippen molar-refractivity contribution in [2.75, 3.05) is 6.61 Å². The molecule has 132 valence electrons. The van der Waals surface area contributed by atoms with Gasteiger partial charge in [-0.15, -0.1) is 11.3 Å². The lowest BCUT2D eigenvalue weighted by Gasteiger charge is -2.34. The molecule has 1 N–H and O–H groups in total. The first-order valence-corrected chi connectivity index (χ1v) is 9.47. The van der Waals surface area contributed by atoms with Crippen molar-refractivity contribution >= 4 is 33.2 Å². The Hall–Kier alpha value is -2.02. The highest BCUT2D eigenvalue weighted by molar-refractivity contribution is 7.16. The molecule has 1 amide bonds. The standard InChI is InChI=1S/C18H22N4O2S/c1-17(2)11-4-6-18(17,3)13(8-11)21-22-14(23)9-24-15-12-5-7-25-16(12)20-10-19-15/h5,7,10-11H,4,6,8-9H2,1-3H3,(H,22,23)/b21-13+. The fourth-order valence-corrected chi connectivity index (χ4v) is 5.00. The minimum atomic E-state index is -0.265. The Bertz CT molecular complexity index is 860. The number of hydrogen-bond acceptors (Lipinski definition) is 6. The van der Waals surface area contributed by atoms with E-state index in [1.54, 1.807) is 0 Å². The van der Waals surface area contributed by atoms with E-state index in [1.807, 2.05) is 11.4 Å². The van der Waals surface area contributed by atoms with Gasteiger partial charge in [-0.2, -0.15) is 5.10 Å². The second-order valence-electron chi connectivity index (χ2n) is 7.69. The number of ether oxygens (including phenoxy) is 1. The maximum absolute atomic E-state index is 12.1. The number of aromatic nitrogens is 2. The van der Waals surface area contributed by atoms with Crippen LogP contribution in [0.5, 0.6) is 5.88 Å². The number of rotatable bonds is 4. The van der Waals surface area contributed by atoms with E-state index in [1.165, 1.54) is 24.1 Å². The van der Waals surface area contributed by atoms with E-state index < -0.39 is 0 Å². The zero-order valence-corrected chi connectivity index (χ0v) is 15.5. The zero-order valence-electron chi connectivity index (χ0n) is 14.7. The number of fused-ring (bicyclic) bond motifs is 3. The second kappa shape index (κ2) is 5.76. The van der Waals surface area contributed by atoms with Gasteiger partial charge in [-0.25, -0.2) is 15.4 Å². The molecule has 2 aromatic rings. The number of thiophene rings is 1. The van der Waals surface area contributed by atoms with Gasteiger partial charge in [0.1, 0.15) is 11.2 Å². The maximum atomic E-state index is 12.1. The average Bonchev–Trinajstić information content (AvgIpc) is 3.20. The van der Waals surface area contributed by atoms with Crippen molar-refractivity contribution in [2.24, 2.45) is 21.8 Å². The predicted octanol–water partition coefficient (Wildman–Crippen LogP) is 3.39. The molecule has 2 saturated carbocycles. The van der Waals surface area contributed by atoms with Gasteiger partial charge < -0.3 is 4.74 Å². The van der Waals surface area contributed by atoms with Gasteiger partial charge in [0.25, 0.3) is 5.91 Å². The molecule has 2 aliphatic rings. The third kappa shape index (κ3) is 2.52. The van der Waals surface area contributed by atoms with E-state index in [2.05, 4.69) is 41.3 Å². The summed E-state index contributed by atoms with van der Waals surface area (Å²) in [6.45, 7) is 6.80. The summed E-state index contributed by atoms with van der Waals surface area (Å²) in [6, 6.07) is 1.89. The summed E-state index contributed by atoms with van der Waals surface area (Å²) in [4.78, 5) is 21.3. The summed E-state index contributed by atoms with van der Waals surface area (Å²) in [5, 5.41) is 7.20. The van der Waals surface area contributed by atoms with Crippen molar-refractivity contribution in [1.82, 2.24) is 15.4 Å². The number of amides is 1. The third-order valence-corrected chi connectivity index (χ3v) is 7.21. The fraction of sp³-hybridized carbons (Fsp3) is 0.556. The van der Waals surface area contributed by atoms with Crippen LogP contribution in [0.15, 0.2) is 22.9 Å². The lowest BCUT2D eigenvalue weighted by molar-refractivity contribution is -0.123. The van der Waals surface area contributed by atoms with Gasteiger partial charge in [-0.3, -0.25) is 4.79 Å². The molecule has 0 saturated heterocycles. The lowest BCUT2D eigenvalue weighted by atomic mass is 9.70. The molecular formula is C18H22N4O2S. The smallest absolute Gasteiger partial charge is 0.278 e. The number of hydrazone groups is 1. The van der Waals surface area contributed by atoms with E-state index in [0.29, 0.717) is 11.8 Å². The van der Waals surface area contributed by atoms with Crippen LogP contribution in [0.25, 0.3) is 10.2 Å². The molecule has 0 aromatic carbocycles. The molecule has 2 atom stereocenters. The van der Waals surface area contributed by atoms with Crippen molar-refractivity contribution in [3.63, 3.8) is 0 Å². The molecule has 6 nitrogen and oxygen atoms in total. The van der Waals surface area contributed by atoms with Gasteiger partial charge in [0.2, 0.25) is 5.88 Å². The first kappa shape index (κ1) is 16.4. The Morgan fingerprint density at radius 3 is 3.00 bits per heavy atom. The molecule has 0 aliphatic heterocycles. The summed E-state index contributed by atoms with van der Waals surface area (Å²) in [6.07, 6.45) is 4.83. The van der Waals surface area contributed by atoms with E-state index in [9.17, 15) is 4.79 Å². The van der Waals surface area contributed by atoms with Crippen LogP contribution in [0.4, 0.5) is 0 Å². The minimum Gasteiger partial charge on any atom is -0.467 e. The Labute approximate surface area is 150 Å². The van der Waals surface area contributed by atoms with Crippen molar-refractivity contribution < 1.29 is 9.53 Å². The number of nitrogens with one attached hydrogen (secondary N) is 1. The normalized spacial score (nSPS) is 28.6. The summed E-state index contributed by atoms with van der Waals surface area (Å²) in [7, 11) is 0. The van der Waals surface area contributed by atoms with Crippen LogP contribution in [-0.4, -0.2) is 28.2 Å². The predicted molar refractivity (Wildman–Crippen MR) is 97.7 cm³/mol. The van der Waals surface area contributed by atoms with Gasteiger partial charge in [-0.05, 0) is 42.0 Å². The molecule has 2 fully saturated rings. The Morgan fingerprint density at radius 2 is 2.28 bits per heavy atom. The van der Waals surface area contributed by atoms with Gasteiger partial charge >= 0.3 is 0 Å². The Balaban J connectivity index is 1.40. The van der Waals surface area contributed by atoms with Crippen molar-refractivity contribution in [3.8, 4) is 5.88 Å². The quantitative estimate of drug-likeness (QED) is 0.850. The van der Waals surface area contributed by atoms with Crippen LogP contribution in [0, 0.1) is 16.7 Å². The number of carbonyl (C=O) groups excluding carboxylic acids is 1. The molecule has 25 heavy (non-hydrogen) atoms. The van der Waals surface area contributed by atoms with Gasteiger partial charge in [-0.1, -0.05) is 20.8 Å². The number of hydrogen-bond donors (Lipinski definition) is 1. The number of carbonyl (C=O) groups is 1. The molecule has 2 bridgehead atoms. The highest BCUT2D eigenvalue weighted by atomic mass is 32.1. The van der Waals surface area contributed by atoms with E-state index in [0.717, 1.165) is 28.8 Å². The van der Waals surface area contributed by atoms with Crippen molar-refractivity contribution in [1.29, 1.82) is 0 Å². The van der Waals surface area contributed by atoms with Crippen LogP contribution in [-0.2, 0) is 4.79 Å². The first-order valence-electron chi connectivity index (χ1n) is 8.59. The van der Waals surface area contributed by atoms with Gasteiger partial charge in [0.05, 0.1) is 5.39 Å². The molecule has 2 aromatic heterocycles. The SMILES string of the molecule is CC12CCC(C/C1=N\NC(=O)COc1ncnc3sccc13)C2(C)C. The Morgan fingerprint density at radius 1 is 1.44 bits per heavy atom.